The molecule has 2 aromatic rings. The number of aliphatic hydroxyl groups is 1. The molecule has 0 aromatic heterocycles. The lowest BCUT2D eigenvalue weighted by molar-refractivity contribution is -0.384. The lowest BCUT2D eigenvalue weighted by Crippen LogP contribution is -2.32. The summed E-state index contributed by atoms with van der Waals surface area (Å²) in [6.45, 7) is 2.30. The summed E-state index contributed by atoms with van der Waals surface area (Å²) in [6, 6.07) is 13.7. The molecule has 0 spiro atoms. The second-order valence-corrected chi connectivity index (χ2v) is 5.66. The molecule has 3 N–H and O–H groups in total. The van der Waals surface area contributed by atoms with Crippen LogP contribution in [0, 0.1) is 10.1 Å². The van der Waals surface area contributed by atoms with Crippen LogP contribution in [-0.2, 0) is 6.42 Å². The number of nitrogens with one attached hydrogen (secondary N) is 2. The van der Waals surface area contributed by atoms with Crippen LogP contribution in [0.25, 0.3) is 0 Å². The Morgan fingerprint density at radius 3 is 2.38 bits per heavy atom. The summed E-state index contributed by atoms with van der Waals surface area (Å²) in [4.78, 5) is 10.1. The van der Waals surface area contributed by atoms with E-state index >= 15 is 0 Å². The second kappa shape index (κ2) is 8.37. The van der Waals surface area contributed by atoms with Crippen LogP contribution in [0.15, 0.2) is 48.5 Å². The van der Waals surface area contributed by atoms with Crippen LogP contribution in [0.5, 0.6) is 0 Å². The zero-order valence-corrected chi connectivity index (χ0v) is 14.0. The Hall–Kier alpha value is -2.51. The maximum atomic E-state index is 10.6. The fraction of sp³-hybridized carbons (Fsp3) is 0.235. The summed E-state index contributed by atoms with van der Waals surface area (Å²) in [5.41, 5.74) is 2.69. The molecule has 7 heteroatoms. The van der Waals surface area contributed by atoms with Crippen LogP contribution in [0.1, 0.15) is 24.2 Å². The molecule has 24 heavy (non-hydrogen) atoms. The first-order valence-electron chi connectivity index (χ1n) is 7.55. The summed E-state index contributed by atoms with van der Waals surface area (Å²) in [7, 11) is 0. The summed E-state index contributed by atoms with van der Waals surface area (Å²) in [5.74, 6) is 0. The summed E-state index contributed by atoms with van der Waals surface area (Å²) >= 11 is 5.20. The number of hydrogen-bond donors (Lipinski definition) is 3. The highest BCUT2D eigenvalue weighted by atomic mass is 32.1. The zero-order chi connectivity index (χ0) is 17.5. The number of non-ortho nitro benzene ring substituents is 1. The average Bonchev–Trinajstić information content (AvgIpc) is 2.60. The first kappa shape index (κ1) is 17.8. The third-order valence-corrected chi connectivity index (χ3v) is 3.81. The van der Waals surface area contributed by atoms with E-state index in [1.165, 1.54) is 29.8 Å². The van der Waals surface area contributed by atoms with E-state index in [1.54, 1.807) is 0 Å². The van der Waals surface area contributed by atoms with Gasteiger partial charge in [0.15, 0.2) is 5.11 Å². The number of thiocarbonyl (C=S) groups is 1. The van der Waals surface area contributed by atoms with Gasteiger partial charge in [-0.15, -0.1) is 0 Å². The molecule has 0 radical (unpaired) electrons. The Bertz CT molecular complexity index is 702. The van der Waals surface area contributed by atoms with Crippen molar-refractivity contribution >= 4 is 28.7 Å². The van der Waals surface area contributed by atoms with Crippen molar-refractivity contribution in [2.75, 3.05) is 11.9 Å². The van der Waals surface area contributed by atoms with E-state index in [0.29, 0.717) is 10.7 Å². The largest absolute Gasteiger partial charge is 0.387 e. The summed E-state index contributed by atoms with van der Waals surface area (Å²) < 4.78 is 0. The van der Waals surface area contributed by atoms with Crippen LogP contribution in [0.4, 0.5) is 11.4 Å². The number of rotatable bonds is 6. The maximum Gasteiger partial charge on any atom is 0.269 e. The predicted molar refractivity (Wildman–Crippen MR) is 98.1 cm³/mol. The third-order valence-electron chi connectivity index (χ3n) is 3.56. The number of aliphatic hydroxyl groups excluding tert-OH is 1. The first-order chi connectivity index (χ1) is 11.5. The van der Waals surface area contributed by atoms with Crippen molar-refractivity contribution < 1.29 is 10.0 Å². The van der Waals surface area contributed by atoms with Crippen LogP contribution in [0.2, 0.25) is 0 Å². The summed E-state index contributed by atoms with van der Waals surface area (Å²) in [5, 5.41) is 27.1. The fourth-order valence-corrected chi connectivity index (χ4v) is 2.33. The molecule has 0 aliphatic rings. The molecule has 0 saturated heterocycles. The molecule has 2 rings (SSSR count). The van der Waals surface area contributed by atoms with E-state index in [0.717, 1.165) is 12.1 Å². The van der Waals surface area contributed by atoms with E-state index in [4.69, 9.17) is 12.2 Å². The highest BCUT2D eigenvalue weighted by molar-refractivity contribution is 7.80. The molecule has 1 atom stereocenters. The maximum absolute atomic E-state index is 10.6. The van der Waals surface area contributed by atoms with Crippen molar-refractivity contribution in [3.05, 3.63) is 69.8 Å². The van der Waals surface area contributed by atoms with Gasteiger partial charge in [-0.25, -0.2) is 0 Å². The van der Waals surface area contributed by atoms with E-state index in [1.807, 2.05) is 24.3 Å². The van der Waals surface area contributed by atoms with E-state index in [-0.39, 0.29) is 12.2 Å². The molecule has 6 nitrogen and oxygen atoms in total. The van der Waals surface area contributed by atoms with Gasteiger partial charge in [0.1, 0.15) is 0 Å². The number of anilines is 1. The predicted octanol–water partition coefficient (Wildman–Crippen LogP) is 3.18. The Labute approximate surface area is 145 Å². The molecule has 0 amide bonds. The Morgan fingerprint density at radius 2 is 1.83 bits per heavy atom. The van der Waals surface area contributed by atoms with Gasteiger partial charge in [0.25, 0.3) is 5.69 Å². The lowest BCUT2D eigenvalue weighted by atomic mass is 10.1. The van der Waals surface area contributed by atoms with Crippen molar-refractivity contribution in [3.8, 4) is 0 Å². The fourth-order valence-electron chi connectivity index (χ4n) is 2.12. The van der Waals surface area contributed by atoms with Crippen molar-refractivity contribution in [1.29, 1.82) is 0 Å². The zero-order valence-electron chi connectivity index (χ0n) is 13.2. The van der Waals surface area contributed by atoms with Crippen LogP contribution in [0.3, 0.4) is 0 Å². The van der Waals surface area contributed by atoms with Crippen LogP contribution in [-0.4, -0.2) is 21.7 Å². The van der Waals surface area contributed by atoms with Gasteiger partial charge in [0.05, 0.1) is 11.0 Å². The molecule has 2 aromatic carbocycles. The third kappa shape index (κ3) is 5.00. The van der Waals surface area contributed by atoms with Crippen molar-refractivity contribution in [2.45, 2.75) is 19.4 Å². The van der Waals surface area contributed by atoms with Crippen molar-refractivity contribution in [2.24, 2.45) is 0 Å². The minimum absolute atomic E-state index is 0.00776. The molecule has 0 unspecified atom stereocenters. The Morgan fingerprint density at radius 1 is 1.21 bits per heavy atom. The second-order valence-electron chi connectivity index (χ2n) is 5.25. The van der Waals surface area contributed by atoms with Crippen molar-refractivity contribution in [3.63, 3.8) is 0 Å². The van der Waals surface area contributed by atoms with Crippen LogP contribution >= 0.6 is 12.2 Å². The molecule has 0 heterocycles. The molecule has 0 aliphatic carbocycles. The molecule has 0 aliphatic heterocycles. The lowest BCUT2D eigenvalue weighted by Gasteiger charge is -2.15. The van der Waals surface area contributed by atoms with Crippen LogP contribution < -0.4 is 10.6 Å². The molecule has 0 fully saturated rings. The van der Waals surface area contributed by atoms with E-state index in [2.05, 4.69) is 17.6 Å². The van der Waals surface area contributed by atoms with Gasteiger partial charge in [-0.2, -0.15) is 0 Å². The number of aryl methyl sites for hydroxylation is 1. The van der Waals surface area contributed by atoms with Gasteiger partial charge >= 0.3 is 0 Å². The van der Waals surface area contributed by atoms with Gasteiger partial charge in [-0.3, -0.25) is 10.1 Å². The van der Waals surface area contributed by atoms with Gasteiger partial charge in [-0.05, 0) is 54.0 Å². The van der Waals surface area contributed by atoms with Gasteiger partial charge in [0.2, 0.25) is 0 Å². The van der Waals surface area contributed by atoms with Gasteiger partial charge in [-0.1, -0.05) is 19.1 Å². The quantitative estimate of drug-likeness (QED) is 0.423. The number of benzene rings is 2. The molecular formula is C17H19N3O3S. The highest BCUT2D eigenvalue weighted by Gasteiger charge is 2.11. The van der Waals surface area contributed by atoms with E-state index in [9.17, 15) is 15.2 Å². The SMILES string of the molecule is CCc1ccc(NC(=S)NC[C@@H](O)c2ccc([N+](=O)[O-])cc2)cc1. The molecule has 0 saturated carbocycles. The minimum Gasteiger partial charge on any atom is -0.387 e. The molecule has 0 bridgehead atoms. The van der Waals surface area contributed by atoms with Gasteiger partial charge < -0.3 is 15.7 Å². The monoisotopic (exact) mass is 345 g/mol. The molecule has 126 valence electrons. The number of nitro groups is 1. The molecular weight excluding hydrogens is 326 g/mol. The van der Waals surface area contributed by atoms with E-state index < -0.39 is 11.0 Å². The number of nitro benzene ring substituents is 1. The number of nitrogens with zero attached hydrogens (tertiary/aromatic N) is 1. The van der Waals surface area contributed by atoms with Gasteiger partial charge in [0, 0.05) is 24.4 Å². The highest BCUT2D eigenvalue weighted by Crippen LogP contribution is 2.17. The first-order valence-corrected chi connectivity index (χ1v) is 7.96. The standard InChI is InChI=1S/C17H19N3O3S/c1-2-12-3-7-14(8-4-12)19-17(24)18-11-16(21)13-5-9-15(10-6-13)20(22)23/h3-10,16,21H,2,11H2,1H3,(H2,18,19,24)/t16-/m1/s1. The normalized spacial score (nSPS) is 11.6. The Kier molecular flexibility index (Phi) is 6.22. The van der Waals surface area contributed by atoms with Crippen molar-refractivity contribution in [1.82, 2.24) is 5.32 Å². The smallest absolute Gasteiger partial charge is 0.269 e. The minimum atomic E-state index is -0.812. The topological polar surface area (TPSA) is 87.4 Å². The number of hydrogen-bond acceptors (Lipinski definition) is 4. The summed E-state index contributed by atoms with van der Waals surface area (Å²) in [6.07, 6.45) is 0.165. The average molecular weight is 345 g/mol. The Balaban J connectivity index is 1.84.